The highest BCUT2D eigenvalue weighted by Crippen LogP contribution is 2.24. The van der Waals surface area contributed by atoms with Gasteiger partial charge in [0, 0.05) is 6.42 Å². The molecule has 0 aliphatic heterocycles. The van der Waals surface area contributed by atoms with Gasteiger partial charge in [-0.05, 0) is 36.5 Å². The Labute approximate surface area is 143 Å². The maximum absolute atomic E-state index is 12.5. The molecule has 2 atom stereocenters. The topological polar surface area (TPSA) is 79.9 Å². The second-order valence-electron chi connectivity index (χ2n) is 6.45. The van der Waals surface area contributed by atoms with E-state index in [1.807, 2.05) is 52.0 Å². The summed E-state index contributed by atoms with van der Waals surface area (Å²) in [7, 11) is 1.64. The highest BCUT2D eigenvalue weighted by molar-refractivity contribution is 5.77. The third kappa shape index (κ3) is 4.57. The molecule has 0 spiro atoms. The molecule has 0 aliphatic rings. The Morgan fingerprint density at radius 1 is 1.33 bits per heavy atom. The normalized spacial score (nSPS) is 13.6. The van der Waals surface area contributed by atoms with Gasteiger partial charge in [0.1, 0.15) is 11.6 Å². The van der Waals surface area contributed by atoms with Crippen molar-refractivity contribution in [2.45, 2.75) is 46.1 Å². The Hall–Kier alpha value is -2.37. The van der Waals surface area contributed by atoms with E-state index < -0.39 is 0 Å². The van der Waals surface area contributed by atoms with E-state index in [-0.39, 0.29) is 23.8 Å². The quantitative estimate of drug-likeness (QED) is 0.817. The lowest BCUT2D eigenvalue weighted by Gasteiger charge is -2.21. The van der Waals surface area contributed by atoms with E-state index in [0.29, 0.717) is 12.2 Å². The first kappa shape index (κ1) is 18.0. The maximum atomic E-state index is 12.5. The van der Waals surface area contributed by atoms with Crippen LogP contribution in [0.1, 0.15) is 56.4 Å². The summed E-state index contributed by atoms with van der Waals surface area (Å²) in [5.41, 5.74) is 1.08. The number of nitrogens with one attached hydrogen (secondary N) is 2. The van der Waals surface area contributed by atoms with Crippen molar-refractivity contribution in [1.29, 1.82) is 0 Å². The van der Waals surface area contributed by atoms with Gasteiger partial charge in [0.15, 0.2) is 5.82 Å². The number of ether oxygens (including phenoxy) is 1. The van der Waals surface area contributed by atoms with Crippen molar-refractivity contribution < 1.29 is 9.53 Å². The standard InChI is InChI=1S/C18H26N4O2/c1-11(2)17(18-19-13(4)21-22-18)20-16(23)9-12(3)14-7-6-8-15(10-14)24-5/h6-8,10-12,17H,9H2,1-5H3,(H,20,23)(H,19,21,22)/t12-,17-/m0/s1. The predicted octanol–water partition coefficient (Wildman–Crippen LogP) is 3.13. The number of rotatable bonds is 7. The van der Waals surface area contributed by atoms with Crippen LogP contribution in [0.25, 0.3) is 0 Å². The summed E-state index contributed by atoms with van der Waals surface area (Å²) in [5, 5.41) is 10.1. The number of aromatic nitrogens is 3. The number of benzene rings is 1. The minimum atomic E-state index is -0.194. The van der Waals surface area contributed by atoms with E-state index in [1.165, 1.54) is 0 Å². The molecule has 0 radical (unpaired) electrons. The van der Waals surface area contributed by atoms with Crippen molar-refractivity contribution in [3.63, 3.8) is 0 Å². The molecule has 0 fully saturated rings. The molecule has 0 saturated carbocycles. The van der Waals surface area contributed by atoms with Crippen molar-refractivity contribution in [3.8, 4) is 5.75 Å². The van der Waals surface area contributed by atoms with E-state index in [1.54, 1.807) is 7.11 Å². The van der Waals surface area contributed by atoms with Crippen LogP contribution in [-0.2, 0) is 4.79 Å². The van der Waals surface area contributed by atoms with Gasteiger partial charge in [-0.1, -0.05) is 32.9 Å². The molecule has 130 valence electrons. The van der Waals surface area contributed by atoms with Crippen molar-refractivity contribution in [1.82, 2.24) is 20.5 Å². The van der Waals surface area contributed by atoms with Crippen molar-refractivity contribution >= 4 is 5.91 Å². The van der Waals surface area contributed by atoms with Gasteiger partial charge in [-0.3, -0.25) is 9.89 Å². The molecule has 6 heteroatoms. The number of carbonyl (C=O) groups excluding carboxylic acids is 1. The van der Waals surface area contributed by atoms with E-state index in [2.05, 4.69) is 20.5 Å². The zero-order valence-corrected chi connectivity index (χ0v) is 15.0. The molecular weight excluding hydrogens is 304 g/mol. The van der Waals surface area contributed by atoms with Gasteiger partial charge in [0.2, 0.25) is 5.91 Å². The number of hydrogen-bond donors (Lipinski definition) is 2. The Morgan fingerprint density at radius 2 is 2.08 bits per heavy atom. The third-order valence-corrected chi connectivity index (χ3v) is 4.03. The van der Waals surface area contributed by atoms with Gasteiger partial charge in [0.05, 0.1) is 13.2 Å². The number of aromatic amines is 1. The van der Waals surface area contributed by atoms with Crippen molar-refractivity contribution in [2.75, 3.05) is 7.11 Å². The van der Waals surface area contributed by atoms with Crippen LogP contribution in [0.3, 0.4) is 0 Å². The second kappa shape index (κ2) is 7.95. The third-order valence-electron chi connectivity index (χ3n) is 4.03. The average Bonchev–Trinajstić information content (AvgIpc) is 2.98. The van der Waals surface area contributed by atoms with Crippen LogP contribution < -0.4 is 10.1 Å². The van der Waals surface area contributed by atoms with Gasteiger partial charge < -0.3 is 10.1 Å². The Bertz CT molecular complexity index is 681. The minimum Gasteiger partial charge on any atom is -0.497 e. The number of amides is 1. The van der Waals surface area contributed by atoms with Crippen LogP contribution in [0.15, 0.2) is 24.3 Å². The lowest BCUT2D eigenvalue weighted by Crippen LogP contribution is -2.33. The van der Waals surface area contributed by atoms with E-state index in [4.69, 9.17) is 4.74 Å². The molecular formula is C18H26N4O2. The lowest BCUT2D eigenvalue weighted by molar-refractivity contribution is -0.122. The van der Waals surface area contributed by atoms with E-state index in [9.17, 15) is 4.79 Å². The number of nitrogens with zero attached hydrogens (tertiary/aromatic N) is 2. The first-order chi connectivity index (χ1) is 11.4. The van der Waals surface area contributed by atoms with Crippen LogP contribution in [0.4, 0.5) is 0 Å². The summed E-state index contributed by atoms with van der Waals surface area (Å²) in [5.74, 6) is 2.47. The lowest BCUT2D eigenvalue weighted by atomic mass is 9.96. The number of hydrogen-bond acceptors (Lipinski definition) is 4. The average molecular weight is 330 g/mol. The van der Waals surface area contributed by atoms with Gasteiger partial charge in [-0.15, -0.1) is 0 Å². The van der Waals surface area contributed by atoms with Gasteiger partial charge in [-0.2, -0.15) is 5.10 Å². The van der Waals surface area contributed by atoms with Gasteiger partial charge in [-0.25, -0.2) is 4.98 Å². The fourth-order valence-corrected chi connectivity index (χ4v) is 2.60. The zero-order valence-electron chi connectivity index (χ0n) is 15.0. The van der Waals surface area contributed by atoms with Crippen LogP contribution in [0, 0.1) is 12.8 Å². The summed E-state index contributed by atoms with van der Waals surface area (Å²) in [4.78, 5) is 16.8. The summed E-state index contributed by atoms with van der Waals surface area (Å²) < 4.78 is 5.25. The van der Waals surface area contributed by atoms with E-state index >= 15 is 0 Å². The summed E-state index contributed by atoms with van der Waals surface area (Å²) in [6.45, 7) is 7.97. The molecule has 6 nitrogen and oxygen atoms in total. The molecule has 24 heavy (non-hydrogen) atoms. The Morgan fingerprint density at radius 3 is 2.67 bits per heavy atom. The van der Waals surface area contributed by atoms with Crippen LogP contribution in [0.5, 0.6) is 5.75 Å². The molecule has 0 saturated heterocycles. The highest BCUT2D eigenvalue weighted by Gasteiger charge is 2.23. The number of carbonyl (C=O) groups is 1. The molecule has 2 N–H and O–H groups in total. The van der Waals surface area contributed by atoms with Crippen LogP contribution >= 0.6 is 0 Å². The Kier molecular flexibility index (Phi) is 5.95. The number of methoxy groups -OCH3 is 1. The van der Waals surface area contributed by atoms with Crippen LogP contribution in [0.2, 0.25) is 0 Å². The number of aryl methyl sites for hydroxylation is 1. The predicted molar refractivity (Wildman–Crippen MR) is 92.9 cm³/mol. The SMILES string of the molecule is COc1cccc([C@@H](C)CC(=O)N[C@H](c2n[nH]c(C)n2)C(C)C)c1. The van der Waals surface area contributed by atoms with Gasteiger partial charge in [0.25, 0.3) is 0 Å². The largest absolute Gasteiger partial charge is 0.497 e. The molecule has 1 heterocycles. The smallest absolute Gasteiger partial charge is 0.221 e. The molecule has 0 bridgehead atoms. The molecule has 0 unspecified atom stereocenters. The molecule has 1 aromatic heterocycles. The van der Waals surface area contributed by atoms with Gasteiger partial charge >= 0.3 is 0 Å². The molecule has 1 amide bonds. The summed E-state index contributed by atoms with van der Waals surface area (Å²) in [6, 6.07) is 7.63. The zero-order chi connectivity index (χ0) is 17.7. The van der Waals surface area contributed by atoms with E-state index in [0.717, 1.165) is 17.1 Å². The highest BCUT2D eigenvalue weighted by atomic mass is 16.5. The first-order valence-corrected chi connectivity index (χ1v) is 8.23. The Balaban J connectivity index is 2.02. The maximum Gasteiger partial charge on any atom is 0.221 e. The molecule has 2 aromatic rings. The molecule has 0 aliphatic carbocycles. The molecule has 1 aromatic carbocycles. The monoisotopic (exact) mass is 330 g/mol. The number of H-pyrrole nitrogens is 1. The fraction of sp³-hybridized carbons (Fsp3) is 0.500. The second-order valence-corrected chi connectivity index (χ2v) is 6.45. The van der Waals surface area contributed by atoms with Crippen molar-refractivity contribution in [2.24, 2.45) is 5.92 Å². The molecule has 2 rings (SSSR count). The fourth-order valence-electron chi connectivity index (χ4n) is 2.60. The summed E-state index contributed by atoms with van der Waals surface area (Å²) in [6.07, 6.45) is 0.403. The van der Waals surface area contributed by atoms with Crippen molar-refractivity contribution in [3.05, 3.63) is 41.5 Å². The summed E-state index contributed by atoms with van der Waals surface area (Å²) >= 11 is 0. The minimum absolute atomic E-state index is 0.00790. The van der Waals surface area contributed by atoms with Crippen LogP contribution in [-0.4, -0.2) is 28.2 Å². The first-order valence-electron chi connectivity index (χ1n) is 8.23.